The second-order valence-corrected chi connectivity index (χ2v) is 4.74. The van der Waals surface area contributed by atoms with E-state index in [1.165, 1.54) is 11.8 Å². The Morgan fingerprint density at radius 3 is 3.13 bits per heavy atom. The van der Waals surface area contributed by atoms with Gasteiger partial charge in [-0.15, -0.1) is 11.3 Å². The number of thiophene rings is 1. The smallest absolute Gasteiger partial charge is 0.185 e. The normalized spacial score (nSPS) is 11.6. The number of hydrogen-bond acceptors (Lipinski definition) is 4. The van der Waals surface area contributed by atoms with Crippen LogP contribution in [0.1, 0.15) is 22.3 Å². The van der Waals surface area contributed by atoms with E-state index in [0.29, 0.717) is 11.3 Å². The van der Waals surface area contributed by atoms with Gasteiger partial charge in [-0.3, -0.25) is 9.89 Å². The first-order valence-electron chi connectivity index (χ1n) is 4.55. The fourth-order valence-electron chi connectivity index (χ4n) is 1.67. The second-order valence-electron chi connectivity index (χ2n) is 3.49. The lowest BCUT2D eigenvalue weighted by atomic mass is 10.3. The summed E-state index contributed by atoms with van der Waals surface area (Å²) in [5.41, 5.74) is 2.59. The first-order valence-corrected chi connectivity index (χ1v) is 5.36. The Kier molecular flexibility index (Phi) is 1.56. The van der Waals surface area contributed by atoms with Crippen molar-refractivity contribution in [1.29, 1.82) is 0 Å². The summed E-state index contributed by atoms with van der Waals surface area (Å²) in [7, 11) is 0. The zero-order valence-electron chi connectivity index (χ0n) is 8.25. The Morgan fingerprint density at radius 2 is 2.40 bits per heavy atom. The Labute approximate surface area is 88.9 Å². The zero-order valence-corrected chi connectivity index (χ0v) is 9.07. The maximum atomic E-state index is 11.3. The molecular formula is C10H8N2O2S. The van der Waals surface area contributed by atoms with Crippen LogP contribution >= 0.6 is 11.3 Å². The molecule has 5 heteroatoms. The molecule has 0 aliphatic carbocycles. The number of aryl methyl sites for hydroxylation is 1. The number of nitrogens with one attached hydrogen (secondary N) is 1. The number of aromatic amines is 1. The van der Waals surface area contributed by atoms with Gasteiger partial charge in [0, 0.05) is 11.8 Å². The Hall–Kier alpha value is -1.62. The van der Waals surface area contributed by atoms with E-state index < -0.39 is 0 Å². The molecule has 0 fully saturated rings. The third-order valence-electron chi connectivity index (χ3n) is 2.32. The van der Waals surface area contributed by atoms with E-state index in [-0.39, 0.29) is 5.78 Å². The maximum Gasteiger partial charge on any atom is 0.185 e. The number of ketones is 1. The number of fused-ring (bicyclic) bond motifs is 3. The zero-order chi connectivity index (χ0) is 10.6. The monoisotopic (exact) mass is 220 g/mol. The summed E-state index contributed by atoms with van der Waals surface area (Å²) in [5.74, 6) is -0.0596. The highest BCUT2D eigenvalue weighted by Crippen LogP contribution is 2.35. The van der Waals surface area contributed by atoms with Crippen LogP contribution in [0.2, 0.25) is 0 Å². The molecule has 0 unspecified atom stereocenters. The number of hydrogen-bond donors (Lipinski definition) is 1. The van der Waals surface area contributed by atoms with Gasteiger partial charge >= 0.3 is 0 Å². The number of Topliss-reactive ketones (excluding diaryl/α,β-unsaturated/α-hetero) is 1. The highest BCUT2D eigenvalue weighted by molar-refractivity contribution is 7.19. The molecular weight excluding hydrogens is 212 g/mol. The summed E-state index contributed by atoms with van der Waals surface area (Å²) in [6, 6.07) is 1.96. The number of rotatable bonds is 1. The standard InChI is InChI=1S/C10H8N2O2S/c1-4-3-6-10(15-4)8-9(14-6)7(5(2)13)11-12-8/h3H,1-2H3,(H,11,12). The van der Waals surface area contributed by atoms with Crippen molar-refractivity contribution < 1.29 is 9.21 Å². The first-order chi connectivity index (χ1) is 7.16. The van der Waals surface area contributed by atoms with Crippen molar-refractivity contribution in [3.63, 3.8) is 0 Å². The van der Waals surface area contributed by atoms with Crippen LogP contribution < -0.4 is 0 Å². The minimum absolute atomic E-state index is 0.0596. The number of nitrogens with zero attached hydrogens (tertiary/aromatic N) is 1. The van der Waals surface area contributed by atoms with Crippen LogP contribution in [-0.4, -0.2) is 16.0 Å². The Morgan fingerprint density at radius 1 is 1.60 bits per heavy atom. The summed E-state index contributed by atoms with van der Waals surface area (Å²) in [5, 5.41) is 6.82. The molecule has 76 valence electrons. The molecule has 0 aliphatic heterocycles. The van der Waals surface area contributed by atoms with Gasteiger partial charge in [-0.1, -0.05) is 0 Å². The molecule has 0 bridgehead atoms. The summed E-state index contributed by atoms with van der Waals surface area (Å²) < 4.78 is 6.61. The largest absolute Gasteiger partial charge is 0.451 e. The quantitative estimate of drug-likeness (QED) is 0.641. The van der Waals surface area contributed by atoms with E-state index in [9.17, 15) is 4.79 Å². The van der Waals surface area contributed by atoms with E-state index >= 15 is 0 Å². The third-order valence-corrected chi connectivity index (χ3v) is 3.36. The molecule has 3 aromatic heterocycles. The average molecular weight is 220 g/mol. The van der Waals surface area contributed by atoms with Crippen LogP contribution in [0.5, 0.6) is 0 Å². The summed E-state index contributed by atoms with van der Waals surface area (Å²) >= 11 is 1.63. The SMILES string of the molecule is CC(=O)c1[nH]nc2c1oc1cc(C)sc12. The predicted molar refractivity (Wildman–Crippen MR) is 58.5 cm³/mol. The van der Waals surface area contributed by atoms with Gasteiger partial charge in [0.15, 0.2) is 11.4 Å². The van der Waals surface area contributed by atoms with Crippen LogP contribution in [0.3, 0.4) is 0 Å². The molecule has 0 atom stereocenters. The second kappa shape index (κ2) is 2.70. The van der Waals surface area contributed by atoms with Crippen molar-refractivity contribution in [2.45, 2.75) is 13.8 Å². The lowest BCUT2D eigenvalue weighted by Gasteiger charge is -1.85. The van der Waals surface area contributed by atoms with E-state index in [4.69, 9.17) is 4.42 Å². The minimum Gasteiger partial charge on any atom is -0.451 e. The van der Waals surface area contributed by atoms with Gasteiger partial charge < -0.3 is 4.42 Å². The number of H-pyrrole nitrogens is 1. The van der Waals surface area contributed by atoms with Crippen LogP contribution in [-0.2, 0) is 0 Å². The summed E-state index contributed by atoms with van der Waals surface area (Å²) in [6.07, 6.45) is 0. The highest BCUT2D eigenvalue weighted by atomic mass is 32.1. The average Bonchev–Trinajstić information content (AvgIpc) is 2.73. The van der Waals surface area contributed by atoms with Gasteiger partial charge in [0.25, 0.3) is 0 Å². The predicted octanol–water partition coefficient (Wildman–Crippen LogP) is 2.88. The lowest BCUT2D eigenvalue weighted by molar-refractivity contribution is 0.101. The van der Waals surface area contributed by atoms with Gasteiger partial charge in [0.05, 0.1) is 0 Å². The van der Waals surface area contributed by atoms with E-state index in [1.54, 1.807) is 11.3 Å². The number of carbonyl (C=O) groups excluding carboxylic acids is 1. The minimum atomic E-state index is -0.0596. The molecule has 3 rings (SSSR count). The molecule has 1 N–H and O–H groups in total. The van der Waals surface area contributed by atoms with Gasteiger partial charge in [-0.25, -0.2) is 0 Å². The molecule has 3 aromatic rings. The molecule has 0 aromatic carbocycles. The van der Waals surface area contributed by atoms with Crippen LogP contribution in [0.4, 0.5) is 0 Å². The summed E-state index contributed by atoms with van der Waals surface area (Å²) in [6.45, 7) is 3.51. The molecule has 0 spiro atoms. The van der Waals surface area contributed by atoms with Crippen LogP contribution in [0, 0.1) is 6.92 Å². The molecule has 4 nitrogen and oxygen atoms in total. The lowest BCUT2D eigenvalue weighted by Crippen LogP contribution is -1.91. The maximum absolute atomic E-state index is 11.3. The van der Waals surface area contributed by atoms with E-state index in [1.807, 2.05) is 13.0 Å². The molecule has 0 saturated carbocycles. The number of aromatic nitrogens is 2. The van der Waals surface area contributed by atoms with Gasteiger partial charge in [0.2, 0.25) is 0 Å². The Bertz CT molecular complexity index is 674. The first kappa shape index (κ1) is 8.67. The van der Waals surface area contributed by atoms with Crippen molar-refractivity contribution in [2.75, 3.05) is 0 Å². The molecule has 0 saturated heterocycles. The molecule has 0 radical (unpaired) electrons. The summed E-state index contributed by atoms with van der Waals surface area (Å²) in [4.78, 5) is 12.4. The molecule has 15 heavy (non-hydrogen) atoms. The van der Waals surface area contributed by atoms with Crippen molar-refractivity contribution in [3.8, 4) is 0 Å². The van der Waals surface area contributed by atoms with Crippen molar-refractivity contribution >= 4 is 38.5 Å². The van der Waals surface area contributed by atoms with Gasteiger partial charge in [0.1, 0.15) is 21.5 Å². The van der Waals surface area contributed by atoms with Crippen LogP contribution in [0.15, 0.2) is 10.5 Å². The molecule has 3 heterocycles. The third kappa shape index (κ3) is 1.07. The topological polar surface area (TPSA) is 58.9 Å². The molecule has 0 amide bonds. The number of furan rings is 1. The Balaban J connectivity index is 2.46. The fraction of sp³-hybridized carbons (Fsp3) is 0.200. The highest BCUT2D eigenvalue weighted by Gasteiger charge is 2.18. The van der Waals surface area contributed by atoms with Crippen molar-refractivity contribution in [3.05, 3.63) is 16.6 Å². The van der Waals surface area contributed by atoms with Gasteiger partial charge in [-0.2, -0.15) is 5.10 Å². The van der Waals surface area contributed by atoms with E-state index in [2.05, 4.69) is 10.2 Å². The fourth-order valence-corrected chi connectivity index (χ4v) is 2.59. The number of carbonyl (C=O) groups is 1. The van der Waals surface area contributed by atoms with Crippen molar-refractivity contribution in [2.24, 2.45) is 0 Å². The van der Waals surface area contributed by atoms with Crippen molar-refractivity contribution in [1.82, 2.24) is 10.2 Å². The van der Waals surface area contributed by atoms with Gasteiger partial charge in [-0.05, 0) is 13.0 Å². The van der Waals surface area contributed by atoms with E-state index in [0.717, 1.165) is 15.8 Å². The van der Waals surface area contributed by atoms with Crippen LogP contribution in [0.25, 0.3) is 21.4 Å². The molecule has 0 aliphatic rings.